The van der Waals surface area contributed by atoms with Crippen molar-refractivity contribution in [3.05, 3.63) is 47.2 Å². The van der Waals surface area contributed by atoms with E-state index in [1.807, 2.05) is 6.07 Å². The van der Waals surface area contributed by atoms with Gasteiger partial charge < -0.3 is 10.4 Å². The molecule has 0 unspecified atom stereocenters. The number of carbonyl (C=O) groups excluding carboxylic acids is 2. The molecule has 1 fully saturated rings. The van der Waals surface area contributed by atoms with Crippen LogP contribution in [-0.2, 0) is 21.4 Å². The van der Waals surface area contributed by atoms with Gasteiger partial charge in [-0.1, -0.05) is 42.1 Å². The molecule has 4 rings (SSSR count). The molecule has 0 radical (unpaired) electrons. The number of amides is 2. The molecule has 3 heterocycles. The summed E-state index contributed by atoms with van der Waals surface area (Å²) in [5, 5.41) is 22.7. The summed E-state index contributed by atoms with van der Waals surface area (Å²) in [6, 6.07) is 7.98. The van der Waals surface area contributed by atoms with Gasteiger partial charge in [0.2, 0.25) is 11.1 Å². The Labute approximate surface area is 190 Å². The van der Waals surface area contributed by atoms with E-state index in [0.29, 0.717) is 27.8 Å². The number of carbonyl (C=O) groups is 3. The number of rotatable bonds is 7. The van der Waals surface area contributed by atoms with Crippen molar-refractivity contribution in [3.63, 3.8) is 0 Å². The summed E-state index contributed by atoms with van der Waals surface area (Å²) in [5.41, 5.74) is 1.16. The molecule has 1 aromatic heterocycles. The number of fused-ring (bicyclic) bond motifs is 1. The number of carboxylic acids is 1. The van der Waals surface area contributed by atoms with Crippen LogP contribution in [-0.4, -0.2) is 70.9 Å². The number of thioether (sulfide) groups is 2. The summed E-state index contributed by atoms with van der Waals surface area (Å²) in [6.45, 7) is 0. The quantitative estimate of drug-likeness (QED) is 0.338. The number of aliphatic carboxylic acids is 1. The fourth-order valence-electron chi connectivity index (χ4n) is 3.29. The van der Waals surface area contributed by atoms with Gasteiger partial charge in [-0.05, 0) is 21.6 Å². The maximum Gasteiger partial charge on any atom is 0.352 e. The first-order chi connectivity index (χ1) is 14.9. The Kier molecular flexibility index (Phi) is 6.21. The molecule has 1 saturated heterocycles. The van der Waals surface area contributed by atoms with Gasteiger partial charge in [0.05, 0.1) is 0 Å². The number of carboxylic acid groups (broad SMARTS) is 1. The second-order valence-electron chi connectivity index (χ2n) is 6.80. The second-order valence-corrected chi connectivity index (χ2v) is 9.28. The fraction of sp³-hybridized carbons (Fsp3) is 0.333. The van der Waals surface area contributed by atoms with Crippen molar-refractivity contribution in [2.75, 3.05) is 11.5 Å². The van der Waals surface area contributed by atoms with Crippen molar-refractivity contribution in [2.24, 2.45) is 7.05 Å². The van der Waals surface area contributed by atoms with Gasteiger partial charge in [-0.2, -0.15) is 0 Å². The third kappa shape index (κ3) is 4.14. The molecule has 2 aromatic rings. The molecule has 31 heavy (non-hydrogen) atoms. The highest BCUT2D eigenvalue weighted by Gasteiger charge is 2.54. The number of nitrogens with zero attached hydrogens (tertiary/aromatic N) is 5. The van der Waals surface area contributed by atoms with Crippen molar-refractivity contribution < 1.29 is 19.5 Å². The normalized spacial score (nSPS) is 21.4. The maximum atomic E-state index is 12.8. The number of alkyl halides is 1. The summed E-state index contributed by atoms with van der Waals surface area (Å²) in [6.07, 6.45) is 0. The van der Waals surface area contributed by atoms with E-state index < -0.39 is 34.6 Å². The van der Waals surface area contributed by atoms with E-state index in [2.05, 4.69) is 20.8 Å². The van der Waals surface area contributed by atoms with Crippen molar-refractivity contribution >= 4 is 52.9 Å². The lowest BCUT2D eigenvalue weighted by Gasteiger charge is -2.49. The molecular weight excluding hydrogens is 464 g/mol. The lowest BCUT2D eigenvalue weighted by Crippen LogP contribution is -2.70. The van der Waals surface area contributed by atoms with E-state index in [0.717, 1.165) is 0 Å². The van der Waals surface area contributed by atoms with Crippen LogP contribution >= 0.6 is 35.1 Å². The Balaban J connectivity index is 1.46. The minimum absolute atomic E-state index is 0.0487. The Morgan fingerprint density at radius 1 is 1.39 bits per heavy atom. The number of aryl methyl sites for hydroxylation is 1. The van der Waals surface area contributed by atoms with E-state index in [1.54, 1.807) is 31.3 Å². The Morgan fingerprint density at radius 3 is 2.77 bits per heavy atom. The van der Waals surface area contributed by atoms with Crippen molar-refractivity contribution in [1.29, 1.82) is 0 Å². The van der Waals surface area contributed by atoms with Crippen LogP contribution in [0.1, 0.15) is 10.9 Å². The molecule has 2 aliphatic heterocycles. The summed E-state index contributed by atoms with van der Waals surface area (Å²) >= 11 is 8.93. The van der Waals surface area contributed by atoms with Crippen LogP contribution in [0.4, 0.5) is 0 Å². The zero-order chi connectivity index (χ0) is 22.1. The lowest BCUT2D eigenvalue weighted by molar-refractivity contribution is -0.150. The van der Waals surface area contributed by atoms with E-state index in [4.69, 9.17) is 11.6 Å². The molecule has 13 heteroatoms. The molecule has 2 amide bonds. The summed E-state index contributed by atoms with van der Waals surface area (Å²) in [5.74, 6) is -1.42. The standard InChI is InChI=1S/C18H17ClN6O4S2/c1-24-18(21-22-23-24)31-8-10-7-30-16-12(15(27)25(16)13(10)17(28)29)20-14(26)11(19)9-5-3-2-4-6-9/h2-6,11-12,16H,7-8H2,1H3,(H,20,26)(H,28,29)/t11-,12+,16+/m0/s1. The molecule has 10 nitrogen and oxygen atoms in total. The van der Waals surface area contributed by atoms with Gasteiger partial charge in [-0.25, -0.2) is 9.48 Å². The van der Waals surface area contributed by atoms with Crippen molar-refractivity contribution in [2.45, 2.75) is 21.9 Å². The van der Waals surface area contributed by atoms with Crippen LogP contribution in [0.3, 0.4) is 0 Å². The minimum atomic E-state index is -1.19. The van der Waals surface area contributed by atoms with Gasteiger partial charge in [0.1, 0.15) is 22.5 Å². The van der Waals surface area contributed by atoms with E-state index >= 15 is 0 Å². The molecule has 0 saturated carbocycles. The van der Waals surface area contributed by atoms with Crippen LogP contribution in [0.15, 0.2) is 46.8 Å². The number of benzene rings is 1. The van der Waals surface area contributed by atoms with Crippen LogP contribution in [0.5, 0.6) is 0 Å². The van der Waals surface area contributed by atoms with Crippen molar-refractivity contribution in [3.8, 4) is 0 Å². The number of β-lactam (4-membered cyclic amide) rings is 1. The highest BCUT2D eigenvalue weighted by Crippen LogP contribution is 2.41. The Morgan fingerprint density at radius 2 is 2.13 bits per heavy atom. The van der Waals surface area contributed by atoms with E-state index in [1.165, 1.54) is 33.1 Å². The van der Waals surface area contributed by atoms with Gasteiger partial charge in [0.15, 0.2) is 0 Å². The Bertz CT molecular complexity index is 1060. The summed E-state index contributed by atoms with van der Waals surface area (Å²) < 4.78 is 1.49. The van der Waals surface area contributed by atoms with Gasteiger partial charge >= 0.3 is 5.97 Å². The predicted octanol–water partition coefficient (Wildman–Crippen LogP) is 1.02. The summed E-state index contributed by atoms with van der Waals surface area (Å²) in [4.78, 5) is 38.4. The average molecular weight is 481 g/mol. The number of halogens is 1. The predicted molar refractivity (Wildman–Crippen MR) is 114 cm³/mol. The third-order valence-corrected chi connectivity index (χ3v) is 7.71. The maximum absolute atomic E-state index is 12.8. The zero-order valence-electron chi connectivity index (χ0n) is 16.1. The number of nitrogens with one attached hydrogen (secondary N) is 1. The first-order valence-corrected chi connectivity index (χ1v) is 11.6. The monoisotopic (exact) mass is 480 g/mol. The Hall–Kier alpha value is -2.57. The smallest absolute Gasteiger partial charge is 0.352 e. The topological polar surface area (TPSA) is 130 Å². The first kappa shape index (κ1) is 21.7. The number of tetrazole rings is 1. The van der Waals surface area contributed by atoms with E-state index in [-0.39, 0.29) is 5.70 Å². The lowest BCUT2D eigenvalue weighted by atomic mass is 10.0. The minimum Gasteiger partial charge on any atom is -0.477 e. The van der Waals surface area contributed by atoms with E-state index in [9.17, 15) is 19.5 Å². The zero-order valence-corrected chi connectivity index (χ0v) is 18.5. The largest absolute Gasteiger partial charge is 0.477 e. The molecule has 3 atom stereocenters. The second kappa shape index (κ2) is 8.89. The van der Waals surface area contributed by atoms with Crippen LogP contribution < -0.4 is 5.32 Å². The molecule has 0 bridgehead atoms. The van der Waals surface area contributed by atoms with Crippen LogP contribution in [0, 0.1) is 0 Å². The highest BCUT2D eigenvalue weighted by atomic mass is 35.5. The molecule has 0 spiro atoms. The molecule has 1 aromatic carbocycles. The SMILES string of the molecule is Cn1nnnc1SCC1=C(C(=O)O)N2C(=O)[C@@H](NC(=O)[C@@H](Cl)c3ccccc3)[C@H]2SC1. The third-order valence-electron chi connectivity index (χ3n) is 4.83. The van der Waals surface area contributed by atoms with Crippen molar-refractivity contribution in [1.82, 2.24) is 30.4 Å². The molecule has 0 aliphatic carbocycles. The molecule has 162 valence electrons. The molecule has 2 N–H and O–H groups in total. The average Bonchev–Trinajstić information content (AvgIpc) is 3.19. The highest BCUT2D eigenvalue weighted by molar-refractivity contribution is 8.01. The first-order valence-electron chi connectivity index (χ1n) is 9.13. The van der Waals surface area contributed by atoms with Gasteiger partial charge in [-0.3, -0.25) is 14.5 Å². The van der Waals surface area contributed by atoms with Crippen LogP contribution in [0.2, 0.25) is 0 Å². The summed E-state index contributed by atoms with van der Waals surface area (Å²) in [7, 11) is 1.69. The van der Waals surface area contributed by atoms with Gasteiger partial charge in [-0.15, -0.1) is 28.5 Å². The number of hydrogen-bond acceptors (Lipinski definition) is 8. The molecule has 2 aliphatic rings. The fourth-order valence-corrected chi connectivity index (χ4v) is 5.83. The molecular formula is C18H17ClN6O4S2. The number of hydrogen-bond donors (Lipinski definition) is 2. The van der Waals surface area contributed by atoms with Gasteiger partial charge in [0.25, 0.3) is 5.91 Å². The van der Waals surface area contributed by atoms with Crippen LogP contribution in [0.25, 0.3) is 0 Å². The van der Waals surface area contributed by atoms with Gasteiger partial charge in [0, 0.05) is 18.6 Å². The number of aromatic nitrogens is 4.